The lowest BCUT2D eigenvalue weighted by Gasteiger charge is -2.15. The molecule has 0 bridgehead atoms. The van der Waals surface area contributed by atoms with Crippen LogP contribution in [-0.4, -0.2) is 45.7 Å². The number of anilines is 1. The van der Waals surface area contributed by atoms with Gasteiger partial charge in [0.1, 0.15) is 11.4 Å². The van der Waals surface area contributed by atoms with Crippen molar-refractivity contribution in [3.8, 4) is 0 Å². The van der Waals surface area contributed by atoms with Crippen LogP contribution >= 0.6 is 0 Å². The monoisotopic (exact) mass is 426 g/mol. The summed E-state index contributed by atoms with van der Waals surface area (Å²) >= 11 is 0. The molecule has 0 aliphatic carbocycles. The molecule has 1 aliphatic heterocycles. The van der Waals surface area contributed by atoms with E-state index in [-0.39, 0.29) is 18.0 Å². The number of carbonyl (C=O) groups is 1. The van der Waals surface area contributed by atoms with Crippen molar-refractivity contribution in [3.05, 3.63) is 42.1 Å². The second-order valence-electron chi connectivity index (χ2n) is 7.90. The molecule has 2 aromatic rings. The molecule has 166 valence electrons. The molecule has 1 aromatic carbocycles. The van der Waals surface area contributed by atoms with E-state index in [0.717, 1.165) is 40.6 Å². The number of urea groups is 1. The smallest absolute Gasteiger partial charge is 0.321 e. The average molecular weight is 427 g/mol. The first-order valence-corrected chi connectivity index (χ1v) is 10.3. The fourth-order valence-corrected chi connectivity index (χ4v) is 3.29. The molecule has 0 spiro atoms. The topological polar surface area (TPSA) is 138 Å². The first kappa shape index (κ1) is 22.5. The average Bonchev–Trinajstić information content (AvgIpc) is 3.36. The number of H-pyrrole nitrogens is 1. The number of carbonyl (C=O) groups excluding carboxylic acids is 1. The molecule has 2 amide bonds. The number of nitrogens with one attached hydrogen (secondary N) is 3. The van der Waals surface area contributed by atoms with Crippen LogP contribution in [0.2, 0.25) is 0 Å². The predicted octanol–water partition coefficient (Wildman–Crippen LogP) is 3.21. The quantitative estimate of drug-likeness (QED) is 0.263. The summed E-state index contributed by atoms with van der Waals surface area (Å²) < 4.78 is 5.91. The minimum absolute atomic E-state index is 0.0842. The molecule has 1 aromatic heterocycles. The van der Waals surface area contributed by atoms with Crippen LogP contribution in [0.4, 0.5) is 10.7 Å². The fraction of sp³-hybridized carbons (Fsp3) is 0.409. The number of benzene rings is 1. The highest BCUT2D eigenvalue weighted by molar-refractivity contribution is 5.93. The third-order valence-corrected chi connectivity index (χ3v) is 4.98. The van der Waals surface area contributed by atoms with Gasteiger partial charge in [0, 0.05) is 24.9 Å². The van der Waals surface area contributed by atoms with Gasteiger partial charge in [0.05, 0.1) is 17.1 Å². The number of aromatic nitrogens is 2. The number of hydrogen-bond donors (Lipinski definition) is 5. The van der Waals surface area contributed by atoms with E-state index in [1.807, 2.05) is 19.1 Å². The highest BCUT2D eigenvalue weighted by atomic mass is 16.5. The van der Waals surface area contributed by atoms with E-state index >= 15 is 0 Å². The number of allylic oxidation sites excluding steroid dienone is 2. The highest BCUT2D eigenvalue weighted by Crippen LogP contribution is 2.35. The molecule has 6 N–H and O–H groups in total. The minimum Gasteiger partial charge on any atom is -0.385 e. The van der Waals surface area contributed by atoms with Crippen LogP contribution in [-0.2, 0) is 4.74 Å². The van der Waals surface area contributed by atoms with Gasteiger partial charge in [-0.3, -0.25) is 5.32 Å². The Labute approximate surface area is 181 Å². The number of fused-ring (bicyclic) bond motifs is 1. The molecule has 9 heteroatoms. The first-order valence-electron chi connectivity index (χ1n) is 10.3. The number of aliphatic imine (C=N–C) groups is 1. The van der Waals surface area contributed by atoms with Gasteiger partial charge in [-0.2, -0.15) is 0 Å². The van der Waals surface area contributed by atoms with E-state index in [1.165, 1.54) is 0 Å². The van der Waals surface area contributed by atoms with Crippen LogP contribution in [0, 0.1) is 0 Å². The molecule has 1 aliphatic rings. The third-order valence-electron chi connectivity index (χ3n) is 4.98. The SMILES string of the molecule is C=C/C(=C\N=C(N)C(C)(C)O)c1cc([C@H]2CCCO2)c2nc(NC(=O)NCC)[nH]c2c1. The third kappa shape index (κ3) is 5.31. The van der Waals surface area contributed by atoms with Gasteiger partial charge in [0.25, 0.3) is 0 Å². The first-order chi connectivity index (χ1) is 14.7. The maximum Gasteiger partial charge on any atom is 0.321 e. The van der Waals surface area contributed by atoms with Crippen molar-refractivity contribution in [1.29, 1.82) is 0 Å². The summed E-state index contributed by atoms with van der Waals surface area (Å²) in [6, 6.07) is 3.58. The zero-order chi connectivity index (χ0) is 22.6. The molecule has 9 nitrogen and oxygen atoms in total. The molecule has 0 saturated carbocycles. The largest absolute Gasteiger partial charge is 0.385 e. The van der Waals surface area contributed by atoms with Gasteiger partial charge in [-0.05, 0) is 56.9 Å². The van der Waals surface area contributed by atoms with Gasteiger partial charge in [-0.25, -0.2) is 14.8 Å². The van der Waals surface area contributed by atoms with Crippen molar-refractivity contribution in [3.63, 3.8) is 0 Å². The summed E-state index contributed by atoms with van der Waals surface area (Å²) in [5, 5.41) is 15.4. The molecule has 3 rings (SSSR count). The number of rotatable bonds is 7. The lowest BCUT2D eigenvalue weighted by atomic mass is 9.98. The summed E-state index contributed by atoms with van der Waals surface area (Å²) in [4.78, 5) is 23.8. The standard InChI is InChI=1S/C22H30N6O3/c1-5-13(12-25-19(23)22(3,4)30)14-10-15(17-8-7-9-31-17)18-16(11-14)26-20(27-18)28-21(29)24-6-2/h5,10-12,17,30H,1,6-9H2,2-4H3,(H2,23,25)(H3,24,26,27,28,29)/b13-12+/t17-/m1/s1. The van der Waals surface area contributed by atoms with Gasteiger partial charge in [0.15, 0.2) is 0 Å². The fourth-order valence-electron chi connectivity index (χ4n) is 3.29. The maximum absolute atomic E-state index is 11.9. The van der Waals surface area contributed by atoms with Gasteiger partial charge < -0.3 is 25.9 Å². The van der Waals surface area contributed by atoms with Crippen molar-refractivity contribution < 1.29 is 14.6 Å². The molecular weight excluding hydrogens is 396 g/mol. The Morgan fingerprint density at radius 2 is 2.29 bits per heavy atom. The van der Waals surface area contributed by atoms with Crippen molar-refractivity contribution in [2.24, 2.45) is 10.7 Å². The Balaban J connectivity index is 2.07. The van der Waals surface area contributed by atoms with Crippen molar-refractivity contribution in [2.45, 2.75) is 45.3 Å². The normalized spacial score (nSPS) is 17.7. The van der Waals surface area contributed by atoms with Gasteiger partial charge in [0.2, 0.25) is 5.95 Å². The molecule has 1 fully saturated rings. The lowest BCUT2D eigenvalue weighted by molar-refractivity contribution is 0.113. The summed E-state index contributed by atoms with van der Waals surface area (Å²) in [5.41, 5.74) is 8.63. The summed E-state index contributed by atoms with van der Waals surface area (Å²) in [5.74, 6) is 0.452. The number of nitrogens with two attached hydrogens (primary N) is 1. The molecule has 1 saturated heterocycles. The number of hydrogen-bond acceptors (Lipinski definition) is 5. The molecule has 1 atom stereocenters. The van der Waals surface area contributed by atoms with E-state index in [4.69, 9.17) is 10.5 Å². The summed E-state index contributed by atoms with van der Waals surface area (Å²) in [7, 11) is 0. The van der Waals surface area contributed by atoms with Gasteiger partial charge >= 0.3 is 6.03 Å². The number of amides is 2. The van der Waals surface area contributed by atoms with Crippen LogP contribution < -0.4 is 16.4 Å². The number of nitrogens with zero attached hydrogens (tertiary/aromatic N) is 2. The second-order valence-corrected chi connectivity index (χ2v) is 7.90. The zero-order valence-electron chi connectivity index (χ0n) is 18.2. The van der Waals surface area contributed by atoms with E-state index in [0.29, 0.717) is 19.1 Å². The van der Waals surface area contributed by atoms with Crippen LogP contribution in [0.3, 0.4) is 0 Å². The number of aliphatic hydroxyl groups is 1. The van der Waals surface area contributed by atoms with Crippen molar-refractivity contribution in [1.82, 2.24) is 15.3 Å². The Morgan fingerprint density at radius 1 is 1.52 bits per heavy atom. The highest BCUT2D eigenvalue weighted by Gasteiger charge is 2.23. The van der Waals surface area contributed by atoms with Crippen molar-refractivity contribution >= 4 is 34.4 Å². The van der Waals surface area contributed by atoms with Crippen molar-refractivity contribution in [2.75, 3.05) is 18.5 Å². The molecule has 0 unspecified atom stereocenters. The van der Waals surface area contributed by atoms with E-state index in [1.54, 1.807) is 26.1 Å². The summed E-state index contributed by atoms with van der Waals surface area (Å²) in [6.45, 7) is 10.1. The van der Waals surface area contributed by atoms with Crippen LogP contribution in [0.25, 0.3) is 16.6 Å². The Hall–Kier alpha value is -3.17. The van der Waals surface area contributed by atoms with E-state index < -0.39 is 5.60 Å². The molecule has 0 radical (unpaired) electrons. The van der Waals surface area contributed by atoms with E-state index in [2.05, 4.69) is 32.2 Å². The van der Waals surface area contributed by atoms with Gasteiger partial charge in [-0.1, -0.05) is 12.7 Å². The number of ether oxygens (including phenoxy) is 1. The predicted molar refractivity (Wildman–Crippen MR) is 123 cm³/mol. The number of aromatic amines is 1. The molecule has 31 heavy (non-hydrogen) atoms. The van der Waals surface area contributed by atoms with Crippen LogP contribution in [0.5, 0.6) is 0 Å². The van der Waals surface area contributed by atoms with Gasteiger partial charge in [-0.15, -0.1) is 0 Å². The summed E-state index contributed by atoms with van der Waals surface area (Å²) in [6.07, 6.45) is 5.03. The molecule has 2 heterocycles. The van der Waals surface area contributed by atoms with Crippen LogP contribution in [0.15, 0.2) is 36.0 Å². The minimum atomic E-state index is -1.22. The maximum atomic E-state index is 11.9. The zero-order valence-corrected chi connectivity index (χ0v) is 18.2. The Kier molecular flexibility index (Phi) is 6.77. The number of imidazole rings is 1. The van der Waals surface area contributed by atoms with E-state index in [9.17, 15) is 9.90 Å². The number of amidine groups is 1. The molecular formula is C22H30N6O3. The second kappa shape index (κ2) is 9.32. The Morgan fingerprint density at radius 3 is 2.90 bits per heavy atom. The Bertz CT molecular complexity index is 1030. The van der Waals surface area contributed by atoms with Crippen LogP contribution in [0.1, 0.15) is 50.8 Å². The lowest BCUT2D eigenvalue weighted by Crippen LogP contribution is -2.37.